The molecule has 0 saturated carbocycles. The number of rotatable bonds is 7. The van der Waals surface area contributed by atoms with Crippen LogP contribution in [0.2, 0.25) is 0 Å². The van der Waals surface area contributed by atoms with E-state index in [-0.39, 0.29) is 17.2 Å². The molecule has 7 heteroatoms. The Labute approximate surface area is 128 Å². The van der Waals surface area contributed by atoms with Crippen molar-refractivity contribution in [1.29, 1.82) is 0 Å². The Morgan fingerprint density at radius 1 is 1.52 bits per heavy atom. The van der Waals surface area contributed by atoms with E-state index < -0.39 is 5.97 Å². The summed E-state index contributed by atoms with van der Waals surface area (Å²) < 4.78 is 4.77. The number of thiophene rings is 1. The fourth-order valence-corrected chi connectivity index (χ4v) is 2.96. The van der Waals surface area contributed by atoms with Crippen LogP contribution in [0.3, 0.4) is 0 Å². The molecule has 6 nitrogen and oxygen atoms in total. The highest BCUT2D eigenvalue weighted by Crippen LogP contribution is 2.38. The van der Waals surface area contributed by atoms with Crippen LogP contribution in [-0.4, -0.2) is 39.1 Å². The van der Waals surface area contributed by atoms with Crippen molar-refractivity contribution in [3.63, 3.8) is 0 Å². The lowest BCUT2D eigenvalue weighted by Crippen LogP contribution is -2.23. The molecule has 0 saturated heterocycles. The summed E-state index contributed by atoms with van der Waals surface area (Å²) in [5.41, 5.74) is 6.39. The molecule has 0 unspecified atom stereocenters. The minimum atomic E-state index is -0.538. The minimum absolute atomic E-state index is 0.159. The van der Waals surface area contributed by atoms with Gasteiger partial charge in [-0.05, 0) is 6.42 Å². The number of nitrogens with one attached hydrogen (secondary N) is 1. The fourth-order valence-electron chi connectivity index (χ4n) is 1.85. The maximum atomic E-state index is 12.1. The van der Waals surface area contributed by atoms with Crippen LogP contribution in [0.4, 0.5) is 10.7 Å². The van der Waals surface area contributed by atoms with Crippen LogP contribution in [0.15, 0.2) is 12.7 Å². The maximum Gasteiger partial charge on any atom is 0.343 e. The quantitative estimate of drug-likeness (QED) is 0.593. The molecule has 1 amide bonds. The molecule has 0 atom stereocenters. The molecule has 0 fully saturated rings. The van der Waals surface area contributed by atoms with Crippen molar-refractivity contribution in [2.24, 2.45) is 0 Å². The zero-order valence-corrected chi connectivity index (χ0v) is 13.4. The lowest BCUT2D eigenvalue weighted by molar-refractivity contribution is 0.0603. The first kappa shape index (κ1) is 17.0. The second kappa shape index (κ2) is 7.68. The molecule has 3 N–H and O–H groups in total. The number of anilines is 2. The summed E-state index contributed by atoms with van der Waals surface area (Å²) in [6.45, 7) is 6.66. The fraction of sp³-hybridized carbons (Fsp3) is 0.429. The third kappa shape index (κ3) is 3.75. The zero-order valence-electron chi connectivity index (χ0n) is 12.6. The molecule has 0 aliphatic carbocycles. The van der Waals surface area contributed by atoms with Gasteiger partial charge in [0.05, 0.1) is 12.8 Å². The summed E-state index contributed by atoms with van der Waals surface area (Å²) in [5.74, 6) is -0.858. The highest BCUT2D eigenvalue weighted by atomic mass is 32.1. The average Bonchev–Trinajstić information content (AvgIpc) is 2.82. The largest absolute Gasteiger partial charge is 0.465 e. The molecular formula is C14H21N3O3S. The van der Waals surface area contributed by atoms with Gasteiger partial charge in [-0.25, -0.2) is 4.79 Å². The Bertz CT molecular complexity index is 540. The predicted octanol–water partition coefficient (Wildman–Crippen LogP) is 1.88. The van der Waals surface area contributed by atoms with Gasteiger partial charge in [-0.3, -0.25) is 4.79 Å². The Morgan fingerprint density at radius 3 is 2.71 bits per heavy atom. The Hall–Kier alpha value is -2.02. The van der Waals surface area contributed by atoms with E-state index >= 15 is 0 Å². The molecule has 0 spiro atoms. The summed E-state index contributed by atoms with van der Waals surface area (Å²) in [4.78, 5) is 26.2. The van der Waals surface area contributed by atoms with Crippen LogP contribution < -0.4 is 16.0 Å². The number of hydrogen-bond donors (Lipinski definition) is 2. The van der Waals surface area contributed by atoms with Crippen molar-refractivity contribution in [1.82, 2.24) is 5.32 Å². The highest BCUT2D eigenvalue weighted by Gasteiger charge is 2.27. The van der Waals surface area contributed by atoms with E-state index in [1.807, 2.05) is 18.9 Å². The molecule has 0 aliphatic rings. The van der Waals surface area contributed by atoms with Gasteiger partial charge in [0.25, 0.3) is 5.91 Å². The van der Waals surface area contributed by atoms with E-state index in [9.17, 15) is 9.59 Å². The van der Waals surface area contributed by atoms with Gasteiger partial charge in [0, 0.05) is 20.1 Å². The standard InChI is InChI=1S/C14H21N3O3S/c1-5-7-16-12(18)11-10(15)9(14(19)20-4)13(21-11)17(3)8-6-2/h5H,1,6-8,15H2,2-4H3,(H,16,18). The molecule has 1 aromatic rings. The number of carbonyl (C=O) groups excluding carboxylic acids is 2. The number of esters is 1. The molecule has 0 aromatic carbocycles. The smallest absolute Gasteiger partial charge is 0.343 e. The Morgan fingerprint density at radius 2 is 2.19 bits per heavy atom. The summed E-state index contributed by atoms with van der Waals surface area (Å²) >= 11 is 1.19. The van der Waals surface area contributed by atoms with Crippen LogP contribution in [0, 0.1) is 0 Å². The summed E-state index contributed by atoms with van der Waals surface area (Å²) in [6.07, 6.45) is 2.49. The van der Waals surface area contributed by atoms with E-state index in [0.717, 1.165) is 13.0 Å². The van der Waals surface area contributed by atoms with Gasteiger partial charge in [0.1, 0.15) is 15.4 Å². The molecule has 0 bridgehead atoms. The molecule has 1 aromatic heterocycles. The summed E-state index contributed by atoms with van der Waals surface area (Å²) in [6, 6.07) is 0. The zero-order chi connectivity index (χ0) is 16.0. The molecule has 1 heterocycles. The van der Waals surface area contributed by atoms with Gasteiger partial charge in [0.15, 0.2) is 0 Å². The van der Waals surface area contributed by atoms with E-state index in [0.29, 0.717) is 16.4 Å². The van der Waals surface area contributed by atoms with Crippen LogP contribution >= 0.6 is 11.3 Å². The van der Waals surface area contributed by atoms with Gasteiger partial charge in [-0.2, -0.15) is 0 Å². The van der Waals surface area contributed by atoms with Gasteiger partial charge in [0.2, 0.25) is 0 Å². The number of nitrogens with zero attached hydrogens (tertiary/aromatic N) is 1. The first-order valence-electron chi connectivity index (χ1n) is 6.58. The number of amides is 1. The number of nitrogens with two attached hydrogens (primary N) is 1. The second-order valence-electron chi connectivity index (χ2n) is 4.44. The third-order valence-corrected chi connectivity index (χ3v) is 4.15. The molecule has 116 valence electrons. The third-order valence-electron chi connectivity index (χ3n) is 2.83. The van der Waals surface area contributed by atoms with Gasteiger partial charge in [-0.15, -0.1) is 17.9 Å². The summed E-state index contributed by atoms with van der Waals surface area (Å²) in [5, 5.41) is 3.30. The number of hydrogen-bond acceptors (Lipinski definition) is 6. The van der Waals surface area contributed by atoms with Crippen molar-refractivity contribution in [3.8, 4) is 0 Å². The van der Waals surface area contributed by atoms with Gasteiger partial charge in [-0.1, -0.05) is 13.0 Å². The van der Waals surface area contributed by atoms with Crippen LogP contribution in [0.25, 0.3) is 0 Å². The van der Waals surface area contributed by atoms with E-state index in [2.05, 4.69) is 11.9 Å². The number of ether oxygens (including phenoxy) is 1. The maximum absolute atomic E-state index is 12.1. The van der Waals surface area contributed by atoms with Crippen molar-refractivity contribution in [3.05, 3.63) is 23.1 Å². The molecule has 21 heavy (non-hydrogen) atoms. The van der Waals surface area contributed by atoms with E-state index in [4.69, 9.17) is 10.5 Å². The van der Waals surface area contributed by atoms with Crippen molar-refractivity contribution >= 4 is 33.9 Å². The second-order valence-corrected chi connectivity index (χ2v) is 5.44. The van der Waals surface area contributed by atoms with Crippen molar-refractivity contribution in [2.45, 2.75) is 13.3 Å². The first-order chi connectivity index (χ1) is 9.97. The molecule has 0 radical (unpaired) electrons. The minimum Gasteiger partial charge on any atom is -0.465 e. The molecule has 0 aliphatic heterocycles. The Kier molecular flexibility index (Phi) is 6.23. The highest BCUT2D eigenvalue weighted by molar-refractivity contribution is 7.19. The van der Waals surface area contributed by atoms with Crippen molar-refractivity contribution in [2.75, 3.05) is 37.9 Å². The van der Waals surface area contributed by atoms with Crippen LogP contribution in [0.1, 0.15) is 33.4 Å². The number of nitrogen functional groups attached to an aromatic ring is 1. The number of carbonyl (C=O) groups is 2. The molecule has 1 rings (SSSR count). The van der Waals surface area contributed by atoms with Gasteiger partial charge < -0.3 is 20.7 Å². The molecular weight excluding hydrogens is 290 g/mol. The first-order valence-corrected chi connectivity index (χ1v) is 7.40. The van der Waals surface area contributed by atoms with Crippen LogP contribution in [-0.2, 0) is 4.74 Å². The lowest BCUT2D eigenvalue weighted by atomic mass is 10.2. The lowest BCUT2D eigenvalue weighted by Gasteiger charge is -2.17. The SMILES string of the molecule is C=CCNC(=O)c1sc(N(C)CCC)c(C(=O)OC)c1N. The normalized spacial score (nSPS) is 10.0. The summed E-state index contributed by atoms with van der Waals surface area (Å²) in [7, 11) is 3.15. The predicted molar refractivity (Wildman–Crippen MR) is 86.2 cm³/mol. The van der Waals surface area contributed by atoms with Gasteiger partial charge >= 0.3 is 5.97 Å². The van der Waals surface area contributed by atoms with E-state index in [1.165, 1.54) is 18.4 Å². The monoisotopic (exact) mass is 311 g/mol. The van der Waals surface area contributed by atoms with Crippen molar-refractivity contribution < 1.29 is 14.3 Å². The average molecular weight is 311 g/mol. The van der Waals surface area contributed by atoms with E-state index in [1.54, 1.807) is 6.08 Å². The number of methoxy groups -OCH3 is 1. The topological polar surface area (TPSA) is 84.7 Å². The Balaban J connectivity index is 3.26. The van der Waals surface area contributed by atoms with Crippen LogP contribution in [0.5, 0.6) is 0 Å².